The highest BCUT2D eigenvalue weighted by Gasteiger charge is 2.34. The van der Waals surface area contributed by atoms with Gasteiger partial charge in [-0.2, -0.15) is 0 Å². The van der Waals surface area contributed by atoms with Crippen LogP contribution in [0.5, 0.6) is 5.75 Å². The van der Waals surface area contributed by atoms with Crippen LogP contribution in [0.2, 0.25) is 5.02 Å². The Morgan fingerprint density at radius 2 is 2.21 bits per heavy atom. The topological polar surface area (TPSA) is 70.7 Å². The van der Waals surface area contributed by atoms with Gasteiger partial charge in [0.25, 0.3) is 5.91 Å². The number of rotatable bonds is 6. The van der Waals surface area contributed by atoms with Crippen molar-refractivity contribution in [1.82, 2.24) is 15.5 Å². The number of carbonyl (C=O) groups is 2. The fourth-order valence-electron chi connectivity index (χ4n) is 2.69. The monoisotopic (exact) mass is 357 g/mol. The number of likely N-dealkylation sites (N-methyl/N-ethyl adjacent to an activating group) is 2. The Kier molecular flexibility index (Phi) is 6.39. The summed E-state index contributed by atoms with van der Waals surface area (Å²) in [7, 11) is 1.85. The number of likely N-dealkylation sites (tertiary alicyclic amines) is 1. The van der Waals surface area contributed by atoms with Gasteiger partial charge in [0, 0.05) is 25.2 Å². The molecular weight excluding hydrogens is 337 g/mol. The fourth-order valence-corrected chi connectivity index (χ4v) is 2.86. The van der Waals surface area contributed by atoms with Crippen LogP contribution in [0.1, 0.15) is 13.3 Å². The Balaban J connectivity index is 1.80. The summed E-state index contributed by atoms with van der Waals surface area (Å²) in [4.78, 5) is 25.8. The third-order valence-electron chi connectivity index (χ3n) is 3.83. The average Bonchev–Trinajstić information content (AvgIpc) is 2.89. The van der Waals surface area contributed by atoms with Crippen molar-refractivity contribution in [3.63, 3.8) is 0 Å². The second-order valence-corrected chi connectivity index (χ2v) is 6.12. The summed E-state index contributed by atoms with van der Waals surface area (Å²) in [6, 6.07) is 3.54. The smallest absolute Gasteiger partial charge is 0.258 e. The lowest BCUT2D eigenvalue weighted by Crippen LogP contribution is -2.41. The summed E-state index contributed by atoms with van der Waals surface area (Å²) in [5.41, 5.74) is 0. The molecule has 0 bridgehead atoms. The summed E-state index contributed by atoms with van der Waals surface area (Å²) in [5, 5.41) is 5.57. The van der Waals surface area contributed by atoms with E-state index < -0.39 is 5.82 Å². The molecule has 0 aromatic heterocycles. The third kappa shape index (κ3) is 4.82. The predicted octanol–water partition coefficient (Wildman–Crippen LogP) is 1.18. The minimum absolute atomic E-state index is 0.0334. The van der Waals surface area contributed by atoms with Crippen molar-refractivity contribution in [2.75, 3.05) is 26.7 Å². The van der Waals surface area contributed by atoms with Gasteiger partial charge in [-0.15, -0.1) is 0 Å². The molecule has 1 aromatic rings. The van der Waals surface area contributed by atoms with Crippen molar-refractivity contribution < 1.29 is 18.7 Å². The number of carbonyl (C=O) groups excluding carboxylic acids is 2. The van der Waals surface area contributed by atoms with Crippen molar-refractivity contribution in [1.29, 1.82) is 0 Å². The minimum Gasteiger partial charge on any atom is -0.484 e. The molecule has 1 aromatic carbocycles. The predicted molar refractivity (Wildman–Crippen MR) is 88.6 cm³/mol. The number of hydrogen-bond acceptors (Lipinski definition) is 4. The molecule has 1 aliphatic rings. The second kappa shape index (κ2) is 8.30. The van der Waals surface area contributed by atoms with Crippen molar-refractivity contribution in [3.05, 3.63) is 29.0 Å². The molecule has 2 rings (SSSR count). The van der Waals surface area contributed by atoms with E-state index in [4.69, 9.17) is 16.3 Å². The van der Waals surface area contributed by atoms with Gasteiger partial charge < -0.3 is 15.4 Å². The van der Waals surface area contributed by atoms with Crippen LogP contribution in [-0.2, 0) is 9.59 Å². The van der Waals surface area contributed by atoms with Gasteiger partial charge in [0.15, 0.2) is 6.61 Å². The zero-order chi connectivity index (χ0) is 17.7. The minimum atomic E-state index is -0.543. The first-order chi connectivity index (χ1) is 11.4. The van der Waals surface area contributed by atoms with Crippen LogP contribution >= 0.6 is 11.6 Å². The van der Waals surface area contributed by atoms with Crippen molar-refractivity contribution in [2.45, 2.75) is 25.4 Å². The highest BCUT2D eigenvalue weighted by Crippen LogP contribution is 2.21. The summed E-state index contributed by atoms with van der Waals surface area (Å²) >= 11 is 5.66. The number of nitrogens with one attached hydrogen (secondary N) is 2. The van der Waals surface area contributed by atoms with Crippen LogP contribution in [-0.4, -0.2) is 55.5 Å². The summed E-state index contributed by atoms with van der Waals surface area (Å²) in [5.74, 6) is -0.557. The Bertz CT molecular complexity index is 614. The number of halogens is 2. The van der Waals surface area contributed by atoms with Gasteiger partial charge in [0.1, 0.15) is 11.6 Å². The Hall–Kier alpha value is -1.86. The van der Waals surface area contributed by atoms with E-state index in [9.17, 15) is 14.0 Å². The van der Waals surface area contributed by atoms with Gasteiger partial charge in [-0.05, 0) is 32.5 Å². The van der Waals surface area contributed by atoms with E-state index in [-0.39, 0.29) is 35.5 Å². The van der Waals surface area contributed by atoms with Crippen molar-refractivity contribution in [3.8, 4) is 5.75 Å². The van der Waals surface area contributed by atoms with Crippen molar-refractivity contribution >= 4 is 23.4 Å². The number of benzene rings is 1. The fraction of sp³-hybridized carbons (Fsp3) is 0.500. The van der Waals surface area contributed by atoms with Crippen LogP contribution < -0.4 is 15.4 Å². The maximum Gasteiger partial charge on any atom is 0.258 e. The van der Waals surface area contributed by atoms with Gasteiger partial charge in [-0.3, -0.25) is 14.5 Å². The molecule has 132 valence electrons. The van der Waals surface area contributed by atoms with E-state index in [0.717, 1.165) is 0 Å². The van der Waals surface area contributed by atoms with Gasteiger partial charge in [0.05, 0.1) is 11.1 Å². The van der Waals surface area contributed by atoms with Crippen LogP contribution in [0.4, 0.5) is 4.39 Å². The van der Waals surface area contributed by atoms with E-state index in [0.29, 0.717) is 25.3 Å². The molecule has 8 heteroatoms. The van der Waals surface area contributed by atoms with E-state index in [1.807, 2.05) is 18.9 Å². The van der Waals surface area contributed by atoms with Gasteiger partial charge in [0.2, 0.25) is 5.91 Å². The van der Waals surface area contributed by atoms with Gasteiger partial charge >= 0.3 is 0 Å². The first-order valence-electron chi connectivity index (χ1n) is 7.75. The van der Waals surface area contributed by atoms with Crippen LogP contribution in [0.3, 0.4) is 0 Å². The maximum atomic E-state index is 13.1. The summed E-state index contributed by atoms with van der Waals surface area (Å²) < 4.78 is 18.4. The molecule has 1 heterocycles. The first-order valence-corrected chi connectivity index (χ1v) is 8.13. The van der Waals surface area contributed by atoms with E-state index in [1.165, 1.54) is 18.2 Å². The lowest BCUT2D eigenvalue weighted by Gasteiger charge is -2.17. The first kappa shape index (κ1) is 18.5. The molecular formula is C16H21ClFN3O3. The molecule has 0 spiro atoms. The maximum absolute atomic E-state index is 13.1. The number of amides is 2. The summed E-state index contributed by atoms with van der Waals surface area (Å²) in [6.07, 6.45) is 0.552. The molecule has 1 saturated heterocycles. The largest absolute Gasteiger partial charge is 0.484 e. The molecule has 0 aliphatic carbocycles. The molecule has 1 fully saturated rings. The molecule has 0 unspecified atom stereocenters. The second-order valence-electron chi connectivity index (χ2n) is 5.71. The zero-order valence-corrected chi connectivity index (χ0v) is 14.4. The van der Waals surface area contributed by atoms with Gasteiger partial charge in [-0.25, -0.2) is 4.39 Å². The lowest BCUT2D eigenvalue weighted by molar-refractivity contribution is -0.125. The van der Waals surface area contributed by atoms with Crippen LogP contribution in [0.25, 0.3) is 0 Å². The Labute approximate surface area is 145 Å². The zero-order valence-electron chi connectivity index (χ0n) is 13.6. The average molecular weight is 358 g/mol. The van der Waals surface area contributed by atoms with Gasteiger partial charge in [-0.1, -0.05) is 11.6 Å². The quantitative estimate of drug-likeness (QED) is 0.802. The highest BCUT2D eigenvalue weighted by molar-refractivity contribution is 6.30. The number of hydrogen-bond donors (Lipinski definition) is 2. The molecule has 1 aliphatic heterocycles. The highest BCUT2D eigenvalue weighted by atomic mass is 35.5. The molecule has 0 radical (unpaired) electrons. The molecule has 6 nitrogen and oxygen atoms in total. The number of nitrogens with zero attached hydrogens (tertiary/aromatic N) is 1. The third-order valence-corrected chi connectivity index (χ3v) is 4.12. The molecule has 2 N–H and O–H groups in total. The van der Waals surface area contributed by atoms with E-state index in [1.54, 1.807) is 0 Å². The molecule has 2 atom stereocenters. The van der Waals surface area contributed by atoms with Crippen molar-refractivity contribution in [2.24, 2.45) is 0 Å². The SMILES string of the molecule is CCNC(=O)[C@@H]1C[C@H](NC(=O)COc2ccc(F)c(Cl)c2)CN1C. The van der Waals surface area contributed by atoms with Crippen LogP contribution in [0, 0.1) is 5.82 Å². The summed E-state index contributed by atoms with van der Waals surface area (Å²) in [6.45, 7) is 2.84. The molecule has 0 saturated carbocycles. The van der Waals surface area contributed by atoms with E-state index in [2.05, 4.69) is 10.6 Å². The Morgan fingerprint density at radius 1 is 1.46 bits per heavy atom. The number of ether oxygens (including phenoxy) is 1. The standard InChI is InChI=1S/C16H21ClFN3O3/c1-3-19-16(23)14-6-10(8-21(14)2)20-15(22)9-24-11-4-5-13(18)12(17)7-11/h4-5,7,10,14H,3,6,8-9H2,1-2H3,(H,19,23)(H,20,22)/t10-,14-/m0/s1. The molecule has 2 amide bonds. The molecule has 24 heavy (non-hydrogen) atoms. The van der Waals surface area contributed by atoms with E-state index >= 15 is 0 Å². The van der Waals surface area contributed by atoms with Crippen LogP contribution in [0.15, 0.2) is 18.2 Å². The normalized spacial score (nSPS) is 20.7. The Morgan fingerprint density at radius 3 is 2.88 bits per heavy atom. The lowest BCUT2D eigenvalue weighted by atomic mass is 10.1.